The normalized spacial score (nSPS) is 25.2. The lowest BCUT2D eigenvalue weighted by Gasteiger charge is -2.21. The predicted molar refractivity (Wildman–Crippen MR) is 136 cm³/mol. The number of carbonyl (C=O) groups excluding carboxylic acids is 2. The number of carbonyl (C=O) groups is 2. The van der Waals surface area contributed by atoms with E-state index in [1.807, 2.05) is 54.6 Å². The molecule has 33 heavy (non-hydrogen) atoms. The number of halogens is 2. The second kappa shape index (κ2) is 7.93. The van der Waals surface area contributed by atoms with Gasteiger partial charge in [0.1, 0.15) is 0 Å². The van der Waals surface area contributed by atoms with Gasteiger partial charge >= 0.3 is 0 Å². The van der Waals surface area contributed by atoms with E-state index in [1.54, 1.807) is 0 Å². The fraction of sp³-hybridized carbons (Fsp3) is 0.143. The molecule has 2 fully saturated rings. The van der Waals surface area contributed by atoms with Crippen molar-refractivity contribution in [2.75, 3.05) is 4.90 Å². The summed E-state index contributed by atoms with van der Waals surface area (Å²) >= 11 is 7.07. The summed E-state index contributed by atoms with van der Waals surface area (Å²) in [6.45, 7) is 0. The number of nitrogens with zero attached hydrogens (tertiary/aromatic N) is 1. The average Bonchev–Trinajstić information content (AvgIpc) is 3.46. The number of hydrogen-bond donors (Lipinski definition) is 0. The van der Waals surface area contributed by atoms with E-state index in [1.165, 1.54) is 10.5 Å². The maximum atomic E-state index is 13.6. The Balaban J connectivity index is 1.50. The molecule has 5 heteroatoms. The Morgan fingerprint density at radius 3 is 1.55 bits per heavy atom. The summed E-state index contributed by atoms with van der Waals surface area (Å²) in [5.41, 5.74) is 5.15. The molecule has 0 spiro atoms. The van der Waals surface area contributed by atoms with Crippen LogP contribution in [0.15, 0.2) is 106 Å². The molecular weight excluding hydrogens is 542 g/mol. The monoisotopic (exact) mass is 559 g/mol. The molecule has 2 aliphatic carbocycles. The summed E-state index contributed by atoms with van der Waals surface area (Å²) in [7, 11) is 0. The minimum Gasteiger partial charge on any atom is -0.274 e. The van der Waals surface area contributed by atoms with Crippen LogP contribution < -0.4 is 4.90 Å². The molecule has 0 radical (unpaired) electrons. The first-order valence-electron chi connectivity index (χ1n) is 10.9. The number of anilines is 1. The van der Waals surface area contributed by atoms with Crippen LogP contribution in [0.25, 0.3) is 5.57 Å². The van der Waals surface area contributed by atoms with Gasteiger partial charge in [-0.3, -0.25) is 9.59 Å². The summed E-state index contributed by atoms with van der Waals surface area (Å²) < 4.78 is 2.03. The van der Waals surface area contributed by atoms with Gasteiger partial charge in [0, 0.05) is 20.8 Å². The van der Waals surface area contributed by atoms with Gasteiger partial charge in [0.05, 0.1) is 17.5 Å². The molecule has 3 aliphatic rings. The molecule has 1 heterocycles. The average molecular weight is 561 g/mol. The van der Waals surface area contributed by atoms with E-state index in [0.717, 1.165) is 25.6 Å². The van der Waals surface area contributed by atoms with Crippen LogP contribution >= 0.6 is 31.9 Å². The van der Waals surface area contributed by atoms with Crippen molar-refractivity contribution < 1.29 is 9.59 Å². The minimum atomic E-state index is -0.344. The molecule has 1 saturated heterocycles. The maximum Gasteiger partial charge on any atom is 0.238 e. The topological polar surface area (TPSA) is 37.4 Å². The van der Waals surface area contributed by atoms with E-state index in [2.05, 4.69) is 68.3 Å². The highest BCUT2D eigenvalue weighted by Crippen LogP contribution is 2.58. The summed E-state index contributed by atoms with van der Waals surface area (Å²) in [6.07, 6.45) is 4.27. The largest absolute Gasteiger partial charge is 0.274 e. The molecule has 1 aliphatic heterocycles. The zero-order valence-corrected chi connectivity index (χ0v) is 20.7. The highest BCUT2D eigenvalue weighted by molar-refractivity contribution is 9.10. The SMILES string of the molecule is O=C1[C@@H]2[C@H](C(=O)N1c1ccccc1)[C@H]1C=C[C@@H]2C1=C(c1ccc(Br)cc1)c1ccc(Br)cc1. The fourth-order valence-electron chi connectivity index (χ4n) is 5.66. The van der Waals surface area contributed by atoms with Gasteiger partial charge in [-0.25, -0.2) is 4.90 Å². The third kappa shape index (κ3) is 3.21. The number of benzene rings is 3. The first kappa shape index (κ1) is 20.8. The van der Waals surface area contributed by atoms with Crippen molar-refractivity contribution in [2.45, 2.75) is 0 Å². The Labute approximate surface area is 209 Å². The Kier molecular flexibility index (Phi) is 5.00. The van der Waals surface area contributed by atoms with Crippen LogP contribution in [0.3, 0.4) is 0 Å². The number of amides is 2. The van der Waals surface area contributed by atoms with Crippen LogP contribution in [-0.4, -0.2) is 11.8 Å². The Bertz CT molecular complexity index is 1250. The molecule has 3 nitrogen and oxygen atoms in total. The quantitative estimate of drug-likeness (QED) is 0.266. The van der Waals surface area contributed by atoms with E-state index in [-0.39, 0.29) is 35.5 Å². The van der Waals surface area contributed by atoms with Crippen molar-refractivity contribution in [3.63, 3.8) is 0 Å². The van der Waals surface area contributed by atoms with Gasteiger partial charge in [0.15, 0.2) is 0 Å². The third-order valence-electron chi connectivity index (χ3n) is 6.98. The second-order valence-corrected chi connectivity index (χ2v) is 10.5. The number of hydrogen-bond acceptors (Lipinski definition) is 2. The Morgan fingerprint density at radius 2 is 1.09 bits per heavy atom. The Hall–Kier alpha value is -2.76. The van der Waals surface area contributed by atoms with E-state index < -0.39 is 0 Å². The lowest BCUT2D eigenvalue weighted by Crippen LogP contribution is -2.33. The van der Waals surface area contributed by atoms with Crippen LogP contribution in [0, 0.1) is 23.7 Å². The van der Waals surface area contributed by atoms with Gasteiger partial charge in [-0.15, -0.1) is 0 Å². The summed E-state index contributed by atoms with van der Waals surface area (Å²) in [6, 6.07) is 25.8. The lowest BCUT2D eigenvalue weighted by atomic mass is 9.85. The zero-order valence-electron chi connectivity index (χ0n) is 17.5. The maximum absolute atomic E-state index is 13.6. The molecule has 0 N–H and O–H groups in total. The zero-order chi connectivity index (χ0) is 22.7. The molecule has 4 atom stereocenters. The molecule has 1 saturated carbocycles. The summed E-state index contributed by atoms with van der Waals surface area (Å²) in [4.78, 5) is 28.5. The number of para-hydroxylation sites is 1. The third-order valence-corrected chi connectivity index (χ3v) is 8.04. The van der Waals surface area contributed by atoms with Gasteiger partial charge in [-0.1, -0.05) is 86.5 Å². The van der Waals surface area contributed by atoms with E-state index in [4.69, 9.17) is 0 Å². The molecule has 6 rings (SSSR count). The van der Waals surface area contributed by atoms with Crippen LogP contribution in [-0.2, 0) is 9.59 Å². The minimum absolute atomic E-state index is 0.0764. The van der Waals surface area contributed by atoms with Crippen molar-refractivity contribution in [3.8, 4) is 0 Å². The van der Waals surface area contributed by atoms with Gasteiger partial charge in [0.25, 0.3) is 0 Å². The van der Waals surface area contributed by atoms with E-state index >= 15 is 0 Å². The molecule has 162 valence electrons. The number of allylic oxidation sites excluding steroid dienone is 3. The van der Waals surface area contributed by atoms with Crippen molar-refractivity contribution in [2.24, 2.45) is 23.7 Å². The van der Waals surface area contributed by atoms with Crippen LogP contribution in [0.1, 0.15) is 11.1 Å². The van der Waals surface area contributed by atoms with Crippen molar-refractivity contribution >= 4 is 54.9 Å². The molecule has 2 bridgehead atoms. The van der Waals surface area contributed by atoms with Crippen LogP contribution in [0.4, 0.5) is 5.69 Å². The first-order valence-corrected chi connectivity index (χ1v) is 12.5. The molecule has 2 amide bonds. The van der Waals surface area contributed by atoms with Crippen LogP contribution in [0.5, 0.6) is 0 Å². The first-order chi connectivity index (χ1) is 16.0. The standard InChI is InChI=1S/C28H19Br2NO2/c29-18-10-6-16(7-11-18)23(17-8-12-19(30)13-9-17)24-21-14-15-22(24)26-25(21)27(32)31(28(26)33)20-4-2-1-3-5-20/h1-15,21-22,25-26H/t21-,22+,25+,26-. The van der Waals surface area contributed by atoms with E-state index in [0.29, 0.717) is 5.69 Å². The molecule has 3 aromatic carbocycles. The molecular formula is C28H19Br2NO2. The van der Waals surface area contributed by atoms with Crippen molar-refractivity contribution in [1.82, 2.24) is 0 Å². The number of imide groups is 1. The fourth-order valence-corrected chi connectivity index (χ4v) is 6.19. The summed E-state index contributed by atoms with van der Waals surface area (Å²) in [5.74, 6) is -1.01. The number of fused-ring (bicyclic) bond motifs is 5. The van der Waals surface area contributed by atoms with Crippen LogP contribution in [0.2, 0.25) is 0 Å². The lowest BCUT2D eigenvalue weighted by molar-refractivity contribution is -0.122. The molecule has 0 aromatic heterocycles. The highest BCUT2D eigenvalue weighted by Gasteiger charge is 2.62. The molecule has 0 unspecified atom stereocenters. The highest BCUT2D eigenvalue weighted by atomic mass is 79.9. The smallest absolute Gasteiger partial charge is 0.238 e. The van der Waals surface area contributed by atoms with Gasteiger partial charge < -0.3 is 0 Å². The predicted octanol–water partition coefficient (Wildman–Crippen LogP) is 6.64. The molecule has 3 aromatic rings. The van der Waals surface area contributed by atoms with Crippen molar-refractivity contribution in [3.05, 3.63) is 117 Å². The van der Waals surface area contributed by atoms with E-state index in [9.17, 15) is 9.59 Å². The van der Waals surface area contributed by atoms with Gasteiger partial charge in [-0.2, -0.15) is 0 Å². The van der Waals surface area contributed by atoms with Crippen molar-refractivity contribution in [1.29, 1.82) is 0 Å². The number of rotatable bonds is 3. The Morgan fingerprint density at radius 1 is 0.636 bits per heavy atom. The second-order valence-electron chi connectivity index (χ2n) is 8.68. The summed E-state index contributed by atoms with van der Waals surface area (Å²) in [5, 5.41) is 0. The van der Waals surface area contributed by atoms with Gasteiger partial charge in [-0.05, 0) is 58.7 Å². The van der Waals surface area contributed by atoms with Gasteiger partial charge in [0.2, 0.25) is 11.8 Å².